The molecule has 1 rings (SSSR count). The third-order valence-electron chi connectivity index (χ3n) is 2.70. The lowest BCUT2D eigenvalue weighted by Crippen LogP contribution is -2.37. The average Bonchev–Trinajstić information content (AvgIpc) is 2.22. The molecule has 0 aliphatic rings. The Morgan fingerprint density at radius 2 is 2.06 bits per heavy atom. The number of nitrogens with zero attached hydrogens (tertiary/aromatic N) is 1. The zero-order valence-electron chi connectivity index (χ0n) is 10.2. The highest BCUT2D eigenvalue weighted by Crippen LogP contribution is 2.17. The summed E-state index contributed by atoms with van der Waals surface area (Å²) in [5.41, 5.74) is 8.21. The summed E-state index contributed by atoms with van der Waals surface area (Å²) in [5, 5.41) is 2.83. The van der Waals surface area contributed by atoms with Crippen molar-refractivity contribution in [1.29, 1.82) is 0 Å². The SMILES string of the molecule is Cc1ccc(NC(=O)C(C)N(C)C)cc1N. The molecule has 16 heavy (non-hydrogen) atoms. The lowest BCUT2D eigenvalue weighted by atomic mass is 10.2. The molecule has 0 aliphatic heterocycles. The third kappa shape index (κ3) is 2.97. The number of carbonyl (C=O) groups excluding carboxylic acids is 1. The molecule has 3 N–H and O–H groups in total. The molecular weight excluding hydrogens is 202 g/mol. The van der Waals surface area contributed by atoms with E-state index in [1.807, 2.05) is 45.0 Å². The van der Waals surface area contributed by atoms with Gasteiger partial charge in [-0.1, -0.05) is 6.07 Å². The summed E-state index contributed by atoms with van der Waals surface area (Å²) in [6.07, 6.45) is 0. The molecule has 0 spiro atoms. The zero-order chi connectivity index (χ0) is 12.3. The maximum atomic E-state index is 11.8. The van der Waals surface area contributed by atoms with Gasteiger partial charge in [0.2, 0.25) is 5.91 Å². The maximum absolute atomic E-state index is 11.8. The van der Waals surface area contributed by atoms with Crippen molar-refractivity contribution in [2.75, 3.05) is 25.1 Å². The lowest BCUT2D eigenvalue weighted by molar-refractivity contribution is -0.119. The van der Waals surface area contributed by atoms with Crippen LogP contribution in [0.3, 0.4) is 0 Å². The highest BCUT2D eigenvalue weighted by Gasteiger charge is 2.14. The second-order valence-corrected chi connectivity index (χ2v) is 4.20. The lowest BCUT2D eigenvalue weighted by Gasteiger charge is -2.19. The molecule has 1 aromatic rings. The van der Waals surface area contributed by atoms with Crippen LogP contribution >= 0.6 is 0 Å². The molecule has 0 heterocycles. The number of anilines is 2. The third-order valence-corrected chi connectivity index (χ3v) is 2.70. The molecular formula is C12H19N3O. The van der Waals surface area contributed by atoms with Crippen LogP contribution in [0.25, 0.3) is 0 Å². The van der Waals surface area contributed by atoms with E-state index in [0.29, 0.717) is 5.69 Å². The van der Waals surface area contributed by atoms with Gasteiger partial charge in [-0.2, -0.15) is 0 Å². The number of hydrogen-bond donors (Lipinski definition) is 2. The number of nitrogens with one attached hydrogen (secondary N) is 1. The quantitative estimate of drug-likeness (QED) is 0.760. The van der Waals surface area contributed by atoms with E-state index in [4.69, 9.17) is 5.73 Å². The molecule has 1 aromatic carbocycles. The van der Waals surface area contributed by atoms with Gasteiger partial charge in [0.05, 0.1) is 6.04 Å². The molecule has 0 aromatic heterocycles. The van der Waals surface area contributed by atoms with Gasteiger partial charge in [-0.05, 0) is 45.6 Å². The van der Waals surface area contributed by atoms with E-state index in [9.17, 15) is 4.79 Å². The largest absolute Gasteiger partial charge is 0.398 e. The fourth-order valence-corrected chi connectivity index (χ4v) is 1.20. The van der Waals surface area contributed by atoms with Crippen LogP contribution in [0.2, 0.25) is 0 Å². The van der Waals surface area contributed by atoms with Gasteiger partial charge in [0.25, 0.3) is 0 Å². The van der Waals surface area contributed by atoms with Crippen LogP contribution in [0, 0.1) is 6.92 Å². The minimum Gasteiger partial charge on any atom is -0.398 e. The summed E-state index contributed by atoms with van der Waals surface area (Å²) in [6.45, 7) is 3.79. The van der Waals surface area contributed by atoms with Gasteiger partial charge in [-0.3, -0.25) is 9.69 Å². The Hall–Kier alpha value is -1.55. The molecule has 4 heteroatoms. The predicted octanol–water partition coefficient (Wildman–Crippen LogP) is 1.47. The van der Waals surface area contributed by atoms with E-state index >= 15 is 0 Å². The average molecular weight is 221 g/mol. The topological polar surface area (TPSA) is 58.4 Å². The molecule has 1 amide bonds. The van der Waals surface area contributed by atoms with E-state index in [1.54, 1.807) is 6.07 Å². The molecule has 4 nitrogen and oxygen atoms in total. The Labute approximate surface area is 96.4 Å². The van der Waals surface area contributed by atoms with E-state index in [-0.39, 0.29) is 11.9 Å². The normalized spacial score (nSPS) is 12.6. The van der Waals surface area contributed by atoms with Crippen molar-refractivity contribution in [2.24, 2.45) is 0 Å². The van der Waals surface area contributed by atoms with Crippen molar-refractivity contribution in [3.8, 4) is 0 Å². The van der Waals surface area contributed by atoms with Crippen LogP contribution in [-0.4, -0.2) is 30.9 Å². The molecule has 0 bridgehead atoms. The van der Waals surface area contributed by atoms with Gasteiger partial charge in [0, 0.05) is 11.4 Å². The van der Waals surface area contributed by atoms with Crippen molar-refractivity contribution in [3.05, 3.63) is 23.8 Å². The Kier molecular flexibility index (Phi) is 3.90. The van der Waals surface area contributed by atoms with Crippen LogP contribution < -0.4 is 11.1 Å². The minimum absolute atomic E-state index is 0.0340. The fourth-order valence-electron chi connectivity index (χ4n) is 1.20. The van der Waals surface area contributed by atoms with Gasteiger partial charge in [-0.15, -0.1) is 0 Å². The number of carbonyl (C=O) groups is 1. The van der Waals surface area contributed by atoms with E-state index in [0.717, 1.165) is 11.3 Å². The molecule has 0 radical (unpaired) electrons. The Morgan fingerprint density at radius 3 is 2.56 bits per heavy atom. The smallest absolute Gasteiger partial charge is 0.241 e. The van der Waals surface area contributed by atoms with Crippen molar-refractivity contribution >= 4 is 17.3 Å². The van der Waals surface area contributed by atoms with Crippen LogP contribution in [0.1, 0.15) is 12.5 Å². The Balaban J connectivity index is 2.74. The van der Waals surface area contributed by atoms with Crippen LogP contribution in [-0.2, 0) is 4.79 Å². The van der Waals surface area contributed by atoms with Gasteiger partial charge in [-0.25, -0.2) is 0 Å². The summed E-state index contributed by atoms with van der Waals surface area (Å²) < 4.78 is 0. The first-order valence-corrected chi connectivity index (χ1v) is 5.25. The molecule has 0 fully saturated rings. The van der Waals surface area contributed by atoms with E-state index in [2.05, 4.69) is 5.32 Å². The van der Waals surface area contributed by atoms with Crippen LogP contribution in [0.4, 0.5) is 11.4 Å². The first kappa shape index (κ1) is 12.5. The van der Waals surface area contributed by atoms with Crippen molar-refractivity contribution in [1.82, 2.24) is 4.90 Å². The van der Waals surface area contributed by atoms with Crippen molar-refractivity contribution < 1.29 is 4.79 Å². The van der Waals surface area contributed by atoms with Gasteiger partial charge >= 0.3 is 0 Å². The predicted molar refractivity (Wildman–Crippen MR) is 67.4 cm³/mol. The second kappa shape index (κ2) is 4.99. The molecule has 0 saturated carbocycles. The monoisotopic (exact) mass is 221 g/mol. The summed E-state index contributed by atoms with van der Waals surface area (Å²) in [6, 6.07) is 5.36. The number of likely N-dealkylation sites (N-methyl/N-ethyl adjacent to an activating group) is 1. The summed E-state index contributed by atoms with van der Waals surface area (Å²) >= 11 is 0. The Morgan fingerprint density at radius 1 is 1.44 bits per heavy atom. The number of nitrogen functional groups attached to an aromatic ring is 1. The van der Waals surface area contributed by atoms with Gasteiger partial charge in [0.15, 0.2) is 0 Å². The maximum Gasteiger partial charge on any atom is 0.241 e. The number of amides is 1. The van der Waals surface area contributed by atoms with E-state index < -0.39 is 0 Å². The standard InChI is InChI=1S/C12H19N3O/c1-8-5-6-10(7-11(8)13)14-12(16)9(2)15(3)4/h5-7,9H,13H2,1-4H3,(H,14,16). The van der Waals surface area contributed by atoms with Crippen LogP contribution in [0.5, 0.6) is 0 Å². The fraction of sp³-hybridized carbons (Fsp3) is 0.417. The minimum atomic E-state index is -0.164. The zero-order valence-corrected chi connectivity index (χ0v) is 10.2. The number of aryl methyl sites for hydroxylation is 1. The van der Waals surface area contributed by atoms with Crippen LogP contribution in [0.15, 0.2) is 18.2 Å². The molecule has 1 atom stereocenters. The molecule has 1 unspecified atom stereocenters. The number of benzene rings is 1. The number of rotatable bonds is 3. The van der Waals surface area contributed by atoms with Gasteiger partial charge < -0.3 is 11.1 Å². The summed E-state index contributed by atoms with van der Waals surface area (Å²) in [7, 11) is 3.74. The molecule has 0 saturated heterocycles. The highest BCUT2D eigenvalue weighted by molar-refractivity contribution is 5.94. The molecule has 0 aliphatic carbocycles. The number of nitrogens with two attached hydrogens (primary N) is 1. The highest BCUT2D eigenvalue weighted by atomic mass is 16.2. The molecule has 88 valence electrons. The van der Waals surface area contributed by atoms with E-state index in [1.165, 1.54) is 0 Å². The first-order chi connectivity index (χ1) is 7.41. The van der Waals surface area contributed by atoms with Crippen molar-refractivity contribution in [3.63, 3.8) is 0 Å². The number of hydrogen-bond acceptors (Lipinski definition) is 3. The Bertz CT molecular complexity index is 388. The van der Waals surface area contributed by atoms with Crippen molar-refractivity contribution in [2.45, 2.75) is 19.9 Å². The summed E-state index contributed by atoms with van der Waals surface area (Å²) in [5.74, 6) is -0.0340. The second-order valence-electron chi connectivity index (χ2n) is 4.20. The summed E-state index contributed by atoms with van der Waals surface area (Å²) in [4.78, 5) is 13.6. The first-order valence-electron chi connectivity index (χ1n) is 5.25. The van der Waals surface area contributed by atoms with Gasteiger partial charge in [0.1, 0.15) is 0 Å².